The van der Waals surface area contributed by atoms with Crippen LogP contribution in [0.2, 0.25) is 0 Å². The average Bonchev–Trinajstić information content (AvgIpc) is 3.05. The molecular formula is C20H22N2O3. The molecule has 2 aromatic carbocycles. The van der Waals surface area contributed by atoms with E-state index >= 15 is 0 Å². The number of para-hydroxylation sites is 1. The molecule has 4 rings (SSSR count). The molecule has 2 atom stereocenters. The van der Waals surface area contributed by atoms with Gasteiger partial charge in [0, 0.05) is 25.3 Å². The molecular weight excluding hydrogens is 316 g/mol. The van der Waals surface area contributed by atoms with Crippen LogP contribution in [-0.4, -0.2) is 49.8 Å². The SMILES string of the molecule is COc1ccc(CN2C[C@@H]3OCC(=O)N(c4ccccc4)[C@@H]3C2)cc1. The van der Waals surface area contributed by atoms with Crippen LogP contribution in [0.5, 0.6) is 5.75 Å². The molecule has 5 heteroatoms. The maximum absolute atomic E-state index is 12.4. The van der Waals surface area contributed by atoms with E-state index in [0.717, 1.165) is 31.1 Å². The van der Waals surface area contributed by atoms with E-state index in [-0.39, 0.29) is 24.7 Å². The molecule has 0 N–H and O–H groups in total. The predicted octanol–water partition coefficient (Wildman–Crippen LogP) is 2.31. The number of hydrogen-bond acceptors (Lipinski definition) is 4. The van der Waals surface area contributed by atoms with Gasteiger partial charge in [0.05, 0.1) is 19.3 Å². The van der Waals surface area contributed by atoms with Gasteiger partial charge in [-0.25, -0.2) is 0 Å². The Balaban J connectivity index is 1.49. The van der Waals surface area contributed by atoms with Crippen molar-refractivity contribution in [1.82, 2.24) is 4.90 Å². The Kier molecular flexibility index (Phi) is 4.42. The summed E-state index contributed by atoms with van der Waals surface area (Å²) in [6.45, 7) is 2.66. The fraction of sp³-hybridized carbons (Fsp3) is 0.350. The number of carbonyl (C=O) groups is 1. The van der Waals surface area contributed by atoms with E-state index in [1.54, 1.807) is 7.11 Å². The smallest absolute Gasteiger partial charge is 0.253 e. The lowest BCUT2D eigenvalue weighted by Gasteiger charge is -2.36. The number of amides is 1. The number of morpholine rings is 1. The van der Waals surface area contributed by atoms with Crippen molar-refractivity contribution in [2.75, 3.05) is 31.7 Å². The van der Waals surface area contributed by atoms with Crippen LogP contribution in [-0.2, 0) is 16.1 Å². The molecule has 0 saturated carbocycles. The van der Waals surface area contributed by atoms with Gasteiger partial charge < -0.3 is 14.4 Å². The minimum absolute atomic E-state index is 0.0405. The van der Waals surface area contributed by atoms with Crippen LogP contribution in [0.4, 0.5) is 5.69 Å². The Labute approximate surface area is 147 Å². The van der Waals surface area contributed by atoms with Gasteiger partial charge in [-0.15, -0.1) is 0 Å². The van der Waals surface area contributed by atoms with Gasteiger partial charge in [-0.3, -0.25) is 9.69 Å². The lowest BCUT2D eigenvalue weighted by Crippen LogP contribution is -2.54. The molecule has 2 saturated heterocycles. The van der Waals surface area contributed by atoms with E-state index in [2.05, 4.69) is 17.0 Å². The second kappa shape index (κ2) is 6.86. The van der Waals surface area contributed by atoms with Crippen LogP contribution in [0.1, 0.15) is 5.56 Å². The number of ether oxygens (including phenoxy) is 2. The maximum Gasteiger partial charge on any atom is 0.253 e. The Hall–Kier alpha value is -2.37. The minimum Gasteiger partial charge on any atom is -0.497 e. The van der Waals surface area contributed by atoms with Crippen molar-refractivity contribution >= 4 is 11.6 Å². The topological polar surface area (TPSA) is 42.0 Å². The highest BCUT2D eigenvalue weighted by molar-refractivity contribution is 5.95. The second-order valence-corrected chi connectivity index (χ2v) is 6.56. The second-order valence-electron chi connectivity index (χ2n) is 6.56. The molecule has 2 fully saturated rings. The van der Waals surface area contributed by atoms with Gasteiger partial charge in [-0.05, 0) is 29.8 Å². The Morgan fingerprint density at radius 2 is 1.84 bits per heavy atom. The van der Waals surface area contributed by atoms with Gasteiger partial charge >= 0.3 is 0 Å². The molecule has 0 aliphatic carbocycles. The summed E-state index contributed by atoms with van der Waals surface area (Å²) in [7, 11) is 1.67. The van der Waals surface area contributed by atoms with E-state index in [1.165, 1.54) is 5.56 Å². The van der Waals surface area contributed by atoms with Crippen molar-refractivity contribution in [2.24, 2.45) is 0 Å². The molecule has 2 heterocycles. The molecule has 0 aromatic heterocycles. The average molecular weight is 338 g/mol. The van der Waals surface area contributed by atoms with E-state index in [1.807, 2.05) is 47.4 Å². The van der Waals surface area contributed by atoms with Gasteiger partial charge in [0.25, 0.3) is 5.91 Å². The third kappa shape index (κ3) is 3.25. The van der Waals surface area contributed by atoms with E-state index in [4.69, 9.17) is 9.47 Å². The first kappa shape index (κ1) is 16.1. The van der Waals surface area contributed by atoms with E-state index < -0.39 is 0 Å². The third-order valence-corrected chi connectivity index (χ3v) is 4.93. The third-order valence-electron chi connectivity index (χ3n) is 4.93. The summed E-state index contributed by atoms with van der Waals surface area (Å²) < 4.78 is 11.0. The Morgan fingerprint density at radius 3 is 2.56 bits per heavy atom. The summed E-state index contributed by atoms with van der Waals surface area (Å²) in [6.07, 6.45) is 0.0659. The van der Waals surface area contributed by atoms with E-state index in [9.17, 15) is 4.79 Å². The standard InChI is InChI=1S/C20H22N2O3/c1-24-17-9-7-15(8-10-17)11-21-12-18-19(13-21)25-14-20(23)22(18)16-5-3-2-4-6-16/h2-10,18-19H,11-14H2,1H3/t18-,19+/m1/s1. The zero-order chi connectivity index (χ0) is 17.2. The molecule has 0 spiro atoms. The van der Waals surface area contributed by atoms with Gasteiger partial charge in [0.2, 0.25) is 0 Å². The predicted molar refractivity (Wildman–Crippen MR) is 95.7 cm³/mol. The molecule has 2 aromatic rings. The molecule has 1 amide bonds. The molecule has 0 bridgehead atoms. The first-order valence-corrected chi connectivity index (χ1v) is 8.58. The number of nitrogens with zero attached hydrogens (tertiary/aromatic N) is 2. The normalized spacial score (nSPS) is 23.6. The summed E-state index contributed by atoms with van der Waals surface area (Å²) in [4.78, 5) is 16.7. The molecule has 5 nitrogen and oxygen atoms in total. The molecule has 0 radical (unpaired) electrons. The monoisotopic (exact) mass is 338 g/mol. The number of rotatable bonds is 4. The zero-order valence-electron chi connectivity index (χ0n) is 14.3. The van der Waals surface area contributed by atoms with Gasteiger partial charge in [-0.2, -0.15) is 0 Å². The van der Waals surface area contributed by atoms with Crippen LogP contribution in [0.15, 0.2) is 54.6 Å². The molecule has 130 valence electrons. The highest BCUT2D eigenvalue weighted by Crippen LogP contribution is 2.29. The lowest BCUT2D eigenvalue weighted by molar-refractivity contribution is -0.130. The Morgan fingerprint density at radius 1 is 1.08 bits per heavy atom. The van der Waals surface area contributed by atoms with Crippen LogP contribution >= 0.6 is 0 Å². The molecule has 25 heavy (non-hydrogen) atoms. The maximum atomic E-state index is 12.4. The first-order chi connectivity index (χ1) is 12.2. The van der Waals surface area contributed by atoms with Crippen LogP contribution in [0.25, 0.3) is 0 Å². The summed E-state index contributed by atoms with van der Waals surface area (Å²) in [5.74, 6) is 0.904. The van der Waals surface area contributed by atoms with Crippen LogP contribution in [0, 0.1) is 0 Å². The summed E-state index contributed by atoms with van der Waals surface area (Å²) in [6, 6.07) is 18.1. The highest BCUT2D eigenvalue weighted by Gasteiger charge is 2.43. The minimum atomic E-state index is 0.0405. The van der Waals surface area contributed by atoms with Crippen molar-refractivity contribution in [1.29, 1.82) is 0 Å². The summed E-state index contributed by atoms with van der Waals surface area (Å²) >= 11 is 0. The number of methoxy groups -OCH3 is 1. The fourth-order valence-electron chi connectivity index (χ4n) is 3.72. The first-order valence-electron chi connectivity index (χ1n) is 8.58. The lowest BCUT2D eigenvalue weighted by atomic mass is 10.1. The number of likely N-dealkylation sites (tertiary alicyclic amines) is 1. The molecule has 0 unspecified atom stereocenters. The van der Waals surface area contributed by atoms with Crippen LogP contribution in [0.3, 0.4) is 0 Å². The van der Waals surface area contributed by atoms with Gasteiger partial charge in [-0.1, -0.05) is 30.3 Å². The molecule has 2 aliphatic heterocycles. The van der Waals surface area contributed by atoms with Gasteiger partial charge in [0.15, 0.2) is 0 Å². The fourth-order valence-corrected chi connectivity index (χ4v) is 3.72. The summed E-state index contributed by atoms with van der Waals surface area (Å²) in [5, 5.41) is 0. The van der Waals surface area contributed by atoms with E-state index in [0.29, 0.717) is 0 Å². The molecule has 2 aliphatic rings. The van der Waals surface area contributed by atoms with Gasteiger partial charge in [0.1, 0.15) is 12.4 Å². The largest absolute Gasteiger partial charge is 0.497 e. The number of benzene rings is 2. The number of anilines is 1. The quantitative estimate of drug-likeness (QED) is 0.858. The van der Waals surface area contributed by atoms with Crippen molar-refractivity contribution in [2.45, 2.75) is 18.7 Å². The number of hydrogen-bond donors (Lipinski definition) is 0. The van der Waals surface area contributed by atoms with Crippen molar-refractivity contribution in [3.8, 4) is 5.75 Å². The van der Waals surface area contributed by atoms with Crippen molar-refractivity contribution in [3.63, 3.8) is 0 Å². The number of fused-ring (bicyclic) bond motifs is 1. The number of carbonyl (C=O) groups excluding carboxylic acids is 1. The highest BCUT2D eigenvalue weighted by atomic mass is 16.5. The zero-order valence-corrected chi connectivity index (χ0v) is 14.3. The Bertz CT molecular complexity index is 732. The van der Waals surface area contributed by atoms with Crippen molar-refractivity contribution in [3.05, 3.63) is 60.2 Å². The van der Waals surface area contributed by atoms with Crippen LogP contribution < -0.4 is 9.64 Å². The summed E-state index contributed by atoms with van der Waals surface area (Å²) in [5.41, 5.74) is 2.19. The van der Waals surface area contributed by atoms with Crippen molar-refractivity contribution < 1.29 is 14.3 Å².